The number of anilines is 1. The number of halogens is 1. The van der Waals surface area contributed by atoms with Gasteiger partial charge >= 0.3 is 0 Å². The lowest BCUT2D eigenvalue weighted by atomic mass is 9.99. The Bertz CT molecular complexity index is 1180. The van der Waals surface area contributed by atoms with Gasteiger partial charge in [0.05, 0.1) is 5.52 Å². The molecule has 0 amide bonds. The normalized spacial score (nSPS) is 11.0. The van der Waals surface area contributed by atoms with Crippen LogP contribution in [0.25, 0.3) is 27.7 Å². The maximum absolute atomic E-state index is 13.4. The summed E-state index contributed by atoms with van der Waals surface area (Å²) in [7, 11) is 0. The topological polar surface area (TPSA) is 60.9 Å². The molecule has 2 aromatic carbocycles. The first-order valence-corrected chi connectivity index (χ1v) is 8.55. The van der Waals surface area contributed by atoms with Crippen LogP contribution in [0, 0.1) is 6.92 Å². The van der Waals surface area contributed by atoms with E-state index in [1.165, 1.54) is 0 Å². The molecule has 0 bridgehead atoms. The van der Waals surface area contributed by atoms with Crippen molar-refractivity contribution in [3.63, 3.8) is 0 Å². The minimum atomic E-state index is -0.125. The summed E-state index contributed by atoms with van der Waals surface area (Å²) in [6, 6.07) is 18.6. The predicted molar refractivity (Wildman–Crippen MR) is 107 cm³/mol. The van der Waals surface area contributed by atoms with Gasteiger partial charge in [-0.1, -0.05) is 35.9 Å². The molecule has 2 N–H and O–H groups in total. The summed E-state index contributed by atoms with van der Waals surface area (Å²) >= 11 is 6.09. The van der Waals surface area contributed by atoms with Crippen LogP contribution in [0.4, 0.5) is 5.69 Å². The standard InChI is InChI=1S/C21H16ClN3O/c1-13-7-8-15(23)10-17(13)18-9-14-12-24-20(22)11-19(14)25(21(18)26)16-5-3-2-4-6-16/h2-12H,23H2,1H3. The first kappa shape index (κ1) is 16.4. The van der Waals surface area contributed by atoms with Gasteiger partial charge in [-0.25, -0.2) is 4.98 Å². The molecule has 0 aliphatic rings. The van der Waals surface area contributed by atoms with E-state index < -0.39 is 0 Å². The van der Waals surface area contributed by atoms with Gasteiger partial charge in [0.2, 0.25) is 0 Å². The summed E-state index contributed by atoms with van der Waals surface area (Å²) in [6.07, 6.45) is 1.68. The molecule has 0 aliphatic heterocycles. The molecular weight excluding hydrogens is 346 g/mol. The molecule has 0 spiro atoms. The lowest BCUT2D eigenvalue weighted by Crippen LogP contribution is -2.21. The van der Waals surface area contributed by atoms with Crippen LogP contribution in [0.1, 0.15) is 5.56 Å². The van der Waals surface area contributed by atoms with E-state index in [0.29, 0.717) is 21.9 Å². The molecule has 4 aromatic rings. The van der Waals surface area contributed by atoms with Crippen LogP contribution in [-0.2, 0) is 0 Å². The van der Waals surface area contributed by atoms with Crippen LogP contribution >= 0.6 is 11.6 Å². The number of aromatic nitrogens is 2. The van der Waals surface area contributed by atoms with Gasteiger partial charge in [0.1, 0.15) is 5.15 Å². The summed E-state index contributed by atoms with van der Waals surface area (Å²) in [5, 5.41) is 1.17. The van der Waals surface area contributed by atoms with E-state index in [0.717, 1.165) is 22.2 Å². The Hall–Kier alpha value is -3.11. The number of para-hydroxylation sites is 1. The Kier molecular flexibility index (Phi) is 3.98. The summed E-state index contributed by atoms with van der Waals surface area (Å²) in [5.41, 5.74) is 10.3. The van der Waals surface area contributed by atoms with E-state index in [1.807, 2.05) is 61.5 Å². The van der Waals surface area contributed by atoms with Crippen LogP contribution in [-0.4, -0.2) is 9.55 Å². The van der Waals surface area contributed by atoms with Gasteiger partial charge in [-0.15, -0.1) is 0 Å². The van der Waals surface area contributed by atoms with Crippen molar-refractivity contribution < 1.29 is 0 Å². The van der Waals surface area contributed by atoms with Gasteiger partial charge in [0, 0.05) is 34.6 Å². The average molecular weight is 362 g/mol. The highest BCUT2D eigenvalue weighted by Gasteiger charge is 2.15. The first-order valence-electron chi connectivity index (χ1n) is 8.18. The van der Waals surface area contributed by atoms with Gasteiger partial charge in [-0.2, -0.15) is 0 Å². The second-order valence-corrected chi connectivity index (χ2v) is 6.56. The quantitative estimate of drug-likeness (QED) is 0.419. The molecular formula is C21H16ClN3O. The lowest BCUT2D eigenvalue weighted by molar-refractivity contribution is 1.04. The predicted octanol–water partition coefficient (Wildman–Crippen LogP) is 4.60. The molecule has 0 saturated heterocycles. The number of aryl methyl sites for hydroxylation is 1. The molecule has 4 nitrogen and oxygen atoms in total. The van der Waals surface area contributed by atoms with E-state index in [4.69, 9.17) is 17.3 Å². The molecule has 2 aromatic heterocycles. The van der Waals surface area contributed by atoms with Gasteiger partial charge < -0.3 is 5.73 Å². The fraction of sp³-hybridized carbons (Fsp3) is 0.0476. The maximum Gasteiger partial charge on any atom is 0.263 e. The minimum absolute atomic E-state index is 0.125. The molecule has 0 saturated carbocycles. The van der Waals surface area contributed by atoms with Crippen LogP contribution in [0.3, 0.4) is 0 Å². The van der Waals surface area contributed by atoms with Crippen molar-refractivity contribution in [2.45, 2.75) is 6.92 Å². The van der Waals surface area contributed by atoms with Crippen LogP contribution < -0.4 is 11.3 Å². The van der Waals surface area contributed by atoms with Crippen molar-refractivity contribution in [1.29, 1.82) is 0 Å². The lowest BCUT2D eigenvalue weighted by Gasteiger charge is -2.14. The molecule has 4 rings (SSSR count). The van der Waals surface area contributed by atoms with Crippen LogP contribution in [0.15, 0.2) is 71.7 Å². The molecule has 128 valence electrons. The van der Waals surface area contributed by atoms with E-state index in [1.54, 1.807) is 16.8 Å². The van der Waals surface area contributed by atoms with Gasteiger partial charge in [0.15, 0.2) is 0 Å². The Labute approximate surface area is 155 Å². The highest BCUT2D eigenvalue weighted by molar-refractivity contribution is 6.30. The second kappa shape index (κ2) is 6.32. The van der Waals surface area contributed by atoms with Crippen LogP contribution in [0.2, 0.25) is 5.15 Å². The van der Waals surface area contributed by atoms with Crippen molar-refractivity contribution in [1.82, 2.24) is 9.55 Å². The number of rotatable bonds is 2. The fourth-order valence-electron chi connectivity index (χ4n) is 3.14. The smallest absolute Gasteiger partial charge is 0.263 e. The van der Waals surface area contributed by atoms with Gasteiger partial charge in [-0.3, -0.25) is 9.36 Å². The molecule has 0 unspecified atom stereocenters. The Morgan fingerprint density at radius 3 is 2.54 bits per heavy atom. The van der Waals surface area contributed by atoms with Crippen molar-refractivity contribution in [3.8, 4) is 16.8 Å². The SMILES string of the molecule is Cc1ccc(N)cc1-c1cc2cnc(Cl)cc2n(-c2ccccc2)c1=O. The summed E-state index contributed by atoms with van der Waals surface area (Å²) < 4.78 is 1.67. The molecule has 0 atom stereocenters. The third-order valence-corrected chi connectivity index (χ3v) is 4.63. The summed E-state index contributed by atoms with van der Waals surface area (Å²) in [6.45, 7) is 1.96. The number of nitrogens with two attached hydrogens (primary N) is 1. The largest absolute Gasteiger partial charge is 0.399 e. The maximum atomic E-state index is 13.4. The molecule has 0 fully saturated rings. The third-order valence-electron chi connectivity index (χ3n) is 4.42. The zero-order valence-electron chi connectivity index (χ0n) is 14.1. The van der Waals surface area contributed by atoms with E-state index in [9.17, 15) is 4.79 Å². The highest BCUT2D eigenvalue weighted by Crippen LogP contribution is 2.27. The number of fused-ring (bicyclic) bond motifs is 1. The monoisotopic (exact) mass is 361 g/mol. The molecule has 26 heavy (non-hydrogen) atoms. The number of hydrogen-bond acceptors (Lipinski definition) is 3. The van der Waals surface area contributed by atoms with Crippen molar-refractivity contribution in [2.75, 3.05) is 5.73 Å². The van der Waals surface area contributed by atoms with Gasteiger partial charge in [-0.05, 0) is 48.4 Å². The molecule has 0 radical (unpaired) electrons. The average Bonchev–Trinajstić information content (AvgIpc) is 2.64. The number of benzene rings is 2. The molecule has 2 heterocycles. The van der Waals surface area contributed by atoms with Gasteiger partial charge in [0.25, 0.3) is 5.56 Å². The van der Waals surface area contributed by atoms with Crippen molar-refractivity contribution in [2.24, 2.45) is 0 Å². The first-order chi connectivity index (χ1) is 12.5. The highest BCUT2D eigenvalue weighted by atomic mass is 35.5. The van der Waals surface area contributed by atoms with Crippen molar-refractivity contribution in [3.05, 3.63) is 87.9 Å². The molecule has 5 heteroatoms. The van der Waals surface area contributed by atoms with Crippen molar-refractivity contribution >= 4 is 28.2 Å². The second-order valence-electron chi connectivity index (χ2n) is 6.17. The number of pyridine rings is 2. The minimum Gasteiger partial charge on any atom is -0.399 e. The van der Waals surface area contributed by atoms with Crippen LogP contribution in [0.5, 0.6) is 0 Å². The van der Waals surface area contributed by atoms with E-state index in [2.05, 4.69) is 4.98 Å². The zero-order valence-corrected chi connectivity index (χ0v) is 14.9. The Morgan fingerprint density at radius 2 is 1.77 bits per heavy atom. The number of hydrogen-bond donors (Lipinski definition) is 1. The van der Waals surface area contributed by atoms with E-state index >= 15 is 0 Å². The number of nitrogens with zero attached hydrogens (tertiary/aromatic N) is 2. The fourth-order valence-corrected chi connectivity index (χ4v) is 3.29. The molecule has 0 aliphatic carbocycles. The van der Waals surface area contributed by atoms with E-state index in [-0.39, 0.29) is 5.56 Å². The number of nitrogen functional groups attached to an aromatic ring is 1. The third kappa shape index (κ3) is 2.74. The Balaban J connectivity index is 2.14. The summed E-state index contributed by atoms with van der Waals surface area (Å²) in [4.78, 5) is 17.6. The summed E-state index contributed by atoms with van der Waals surface area (Å²) in [5.74, 6) is 0. The Morgan fingerprint density at radius 1 is 1.00 bits per heavy atom. The zero-order chi connectivity index (χ0) is 18.3.